The Labute approximate surface area is 212 Å². The molecule has 1 N–H and O–H groups in total. The Morgan fingerprint density at radius 1 is 1.06 bits per heavy atom. The van der Waals surface area contributed by atoms with E-state index in [-0.39, 0.29) is 4.90 Å². The fraction of sp³-hybridized carbons (Fsp3) is 0.167. The first kappa shape index (κ1) is 25.3. The molecule has 3 rings (SSSR count). The summed E-state index contributed by atoms with van der Waals surface area (Å²) >= 11 is 3.73. The fourth-order valence-corrected chi connectivity index (χ4v) is 5.36. The number of thioether (sulfide) groups is 1. The van der Waals surface area contributed by atoms with Crippen molar-refractivity contribution in [3.8, 4) is 0 Å². The molecule has 0 saturated carbocycles. The van der Waals surface area contributed by atoms with Crippen molar-refractivity contribution < 1.29 is 13.2 Å². The molecule has 0 aliphatic carbocycles. The van der Waals surface area contributed by atoms with Crippen molar-refractivity contribution in [1.82, 2.24) is 5.43 Å². The number of hydrogen-bond donors (Lipinski definition) is 1. The van der Waals surface area contributed by atoms with Crippen LogP contribution in [0.2, 0.25) is 0 Å². The zero-order valence-corrected chi connectivity index (χ0v) is 22.2. The van der Waals surface area contributed by atoms with Gasteiger partial charge in [0.2, 0.25) is 0 Å². The minimum absolute atomic E-state index is 0.118. The molecule has 33 heavy (non-hydrogen) atoms. The number of hydrogen-bond acceptors (Lipinski definition) is 5. The lowest BCUT2D eigenvalue weighted by Gasteiger charge is -2.24. The van der Waals surface area contributed by atoms with Gasteiger partial charge in [0, 0.05) is 8.47 Å². The summed E-state index contributed by atoms with van der Waals surface area (Å²) in [5, 5.41) is 4.16. The number of anilines is 1. The summed E-state index contributed by atoms with van der Waals surface area (Å²) in [5.74, 6) is -0.537. The van der Waals surface area contributed by atoms with E-state index in [1.54, 1.807) is 43.3 Å². The van der Waals surface area contributed by atoms with Gasteiger partial charge >= 0.3 is 0 Å². The van der Waals surface area contributed by atoms with Crippen LogP contribution in [-0.4, -0.2) is 32.8 Å². The Bertz CT molecular complexity index is 1260. The van der Waals surface area contributed by atoms with Gasteiger partial charge in [0.1, 0.15) is 6.54 Å². The van der Waals surface area contributed by atoms with Crippen molar-refractivity contribution in [2.45, 2.75) is 23.6 Å². The summed E-state index contributed by atoms with van der Waals surface area (Å²) in [6.07, 6.45) is 1.92. The first-order valence-electron chi connectivity index (χ1n) is 10.0. The number of carbonyl (C=O) groups is 1. The molecule has 172 valence electrons. The maximum absolute atomic E-state index is 13.5. The van der Waals surface area contributed by atoms with Crippen LogP contribution in [0, 0.1) is 10.5 Å². The van der Waals surface area contributed by atoms with Gasteiger partial charge < -0.3 is 0 Å². The Morgan fingerprint density at radius 2 is 1.73 bits per heavy atom. The topological polar surface area (TPSA) is 78.8 Å². The molecule has 0 unspecified atom stereocenters. The molecule has 1 amide bonds. The van der Waals surface area contributed by atoms with Crippen molar-refractivity contribution in [3.05, 3.63) is 87.5 Å². The lowest BCUT2D eigenvalue weighted by atomic mass is 10.1. The number of aryl methyl sites for hydroxylation is 1. The Hall–Kier alpha value is -2.37. The van der Waals surface area contributed by atoms with Crippen molar-refractivity contribution in [2.75, 3.05) is 17.1 Å². The number of benzene rings is 3. The second kappa shape index (κ2) is 11.2. The van der Waals surface area contributed by atoms with Gasteiger partial charge in [-0.1, -0.05) is 29.8 Å². The number of carbonyl (C=O) groups excluding carboxylic acids is 1. The Morgan fingerprint density at radius 3 is 2.33 bits per heavy atom. The molecule has 0 saturated heterocycles. The van der Waals surface area contributed by atoms with Crippen LogP contribution in [-0.2, 0) is 14.8 Å². The third-order valence-corrected chi connectivity index (χ3v) is 8.05. The number of nitrogens with zero attached hydrogens (tertiary/aromatic N) is 2. The third kappa shape index (κ3) is 6.58. The number of halogens is 1. The Balaban J connectivity index is 1.87. The molecule has 3 aromatic rings. The summed E-state index contributed by atoms with van der Waals surface area (Å²) in [6, 6.07) is 21.3. The minimum atomic E-state index is -3.97. The van der Waals surface area contributed by atoms with E-state index in [1.165, 1.54) is 11.8 Å². The maximum atomic E-state index is 13.5. The van der Waals surface area contributed by atoms with E-state index in [4.69, 9.17) is 0 Å². The first-order chi connectivity index (χ1) is 15.7. The summed E-state index contributed by atoms with van der Waals surface area (Å²) in [4.78, 5) is 13.8. The van der Waals surface area contributed by atoms with E-state index in [2.05, 4.69) is 33.1 Å². The largest absolute Gasteiger partial charge is 0.271 e. The second-order valence-corrected chi connectivity index (χ2v) is 11.3. The highest BCUT2D eigenvalue weighted by Gasteiger charge is 2.27. The molecule has 0 radical (unpaired) electrons. The normalized spacial score (nSPS) is 11.8. The smallest absolute Gasteiger partial charge is 0.264 e. The van der Waals surface area contributed by atoms with Crippen molar-refractivity contribution in [3.63, 3.8) is 0 Å². The highest BCUT2D eigenvalue weighted by molar-refractivity contribution is 14.1. The molecular formula is C24H24IN3O3S2. The highest BCUT2D eigenvalue weighted by Crippen LogP contribution is 2.25. The van der Waals surface area contributed by atoms with Crippen molar-refractivity contribution >= 4 is 61.7 Å². The standard InChI is InChI=1S/C24H24IN3O3S2/c1-17-7-9-21(10-8-17)28(33(30,31)23-13-11-22(32-3)12-14-23)16-24(29)27-26-18(2)19-5-4-6-20(25)15-19/h4-15H,16H2,1-3H3,(H,27,29)/b26-18-. The second-order valence-electron chi connectivity index (χ2n) is 7.27. The summed E-state index contributed by atoms with van der Waals surface area (Å²) in [6.45, 7) is 3.30. The molecule has 0 aliphatic rings. The molecule has 0 aromatic heterocycles. The van der Waals surface area contributed by atoms with Gasteiger partial charge in [0.15, 0.2) is 0 Å². The Kier molecular flexibility index (Phi) is 8.55. The lowest BCUT2D eigenvalue weighted by Crippen LogP contribution is -2.39. The SMILES string of the molecule is CSc1ccc(S(=O)(=O)N(CC(=O)N/N=C(/C)c2cccc(I)c2)c2ccc(C)cc2)cc1. The predicted molar refractivity (Wildman–Crippen MR) is 143 cm³/mol. The lowest BCUT2D eigenvalue weighted by molar-refractivity contribution is -0.119. The van der Waals surface area contributed by atoms with E-state index in [1.807, 2.05) is 49.6 Å². The van der Waals surface area contributed by atoms with Gasteiger partial charge in [0.25, 0.3) is 15.9 Å². The molecule has 9 heteroatoms. The summed E-state index contributed by atoms with van der Waals surface area (Å²) in [7, 11) is -3.97. The number of nitrogens with one attached hydrogen (secondary N) is 1. The number of amides is 1. The molecular weight excluding hydrogens is 569 g/mol. The molecule has 0 spiro atoms. The predicted octanol–water partition coefficient (Wildman–Crippen LogP) is 5.06. The van der Waals surface area contributed by atoms with E-state index in [0.29, 0.717) is 11.4 Å². The van der Waals surface area contributed by atoms with E-state index < -0.39 is 22.5 Å². The van der Waals surface area contributed by atoms with Gasteiger partial charge in [-0.3, -0.25) is 9.10 Å². The third-order valence-electron chi connectivity index (χ3n) is 4.85. The number of hydrazone groups is 1. The van der Waals surface area contributed by atoms with Gasteiger partial charge in [-0.15, -0.1) is 11.8 Å². The van der Waals surface area contributed by atoms with Gasteiger partial charge in [0.05, 0.1) is 16.3 Å². The molecule has 3 aromatic carbocycles. The average molecular weight is 594 g/mol. The van der Waals surface area contributed by atoms with E-state index in [9.17, 15) is 13.2 Å². The quantitative estimate of drug-likeness (QED) is 0.172. The average Bonchev–Trinajstić information content (AvgIpc) is 2.81. The van der Waals surface area contributed by atoms with Crippen LogP contribution >= 0.6 is 34.4 Å². The van der Waals surface area contributed by atoms with Crippen LogP contribution in [0.1, 0.15) is 18.1 Å². The molecule has 6 nitrogen and oxygen atoms in total. The first-order valence-corrected chi connectivity index (χ1v) is 13.8. The van der Waals surface area contributed by atoms with Crippen LogP contribution in [0.15, 0.2) is 87.7 Å². The molecule has 0 fully saturated rings. The summed E-state index contributed by atoms with van der Waals surface area (Å²) in [5.41, 5.74) is 5.38. The van der Waals surface area contributed by atoms with Crippen LogP contribution < -0.4 is 9.73 Å². The van der Waals surface area contributed by atoms with Crippen molar-refractivity contribution in [2.24, 2.45) is 5.10 Å². The maximum Gasteiger partial charge on any atom is 0.264 e. The molecule has 0 bridgehead atoms. The molecule has 0 atom stereocenters. The van der Waals surface area contributed by atoms with Gasteiger partial charge in [-0.05, 0) is 96.8 Å². The van der Waals surface area contributed by atoms with Crippen molar-refractivity contribution in [1.29, 1.82) is 0 Å². The number of rotatable bonds is 8. The number of sulfonamides is 1. The van der Waals surface area contributed by atoms with Crippen LogP contribution in [0.3, 0.4) is 0 Å². The van der Waals surface area contributed by atoms with E-state index in [0.717, 1.165) is 23.9 Å². The highest BCUT2D eigenvalue weighted by atomic mass is 127. The monoisotopic (exact) mass is 593 g/mol. The van der Waals surface area contributed by atoms with Gasteiger partial charge in [-0.25, -0.2) is 13.8 Å². The van der Waals surface area contributed by atoms with E-state index >= 15 is 0 Å². The summed E-state index contributed by atoms with van der Waals surface area (Å²) < 4.78 is 29.1. The minimum Gasteiger partial charge on any atom is -0.271 e. The zero-order valence-electron chi connectivity index (χ0n) is 18.4. The van der Waals surface area contributed by atoms with Crippen LogP contribution in [0.5, 0.6) is 0 Å². The van der Waals surface area contributed by atoms with Crippen LogP contribution in [0.4, 0.5) is 5.69 Å². The fourth-order valence-electron chi connectivity index (χ4n) is 2.99. The van der Waals surface area contributed by atoms with Gasteiger partial charge in [-0.2, -0.15) is 5.10 Å². The van der Waals surface area contributed by atoms with Crippen LogP contribution in [0.25, 0.3) is 0 Å². The molecule has 0 aliphatic heterocycles. The zero-order chi connectivity index (χ0) is 24.0. The molecule has 0 heterocycles.